The van der Waals surface area contributed by atoms with E-state index in [0.717, 1.165) is 0 Å². The molecule has 50 valence electrons. The van der Waals surface area contributed by atoms with E-state index in [1.54, 1.807) is 0 Å². The van der Waals surface area contributed by atoms with Gasteiger partial charge in [-0.2, -0.15) is 0 Å². The Morgan fingerprint density at radius 1 is 1.75 bits per heavy atom. The summed E-state index contributed by atoms with van der Waals surface area (Å²) in [5.74, 6) is 0. The fourth-order valence-corrected chi connectivity index (χ4v) is 0.389. The molecule has 3 heteroatoms. The van der Waals surface area contributed by atoms with E-state index in [9.17, 15) is 0 Å². The lowest BCUT2D eigenvalue weighted by atomic mass is 10.2. The normalized spacial score (nSPS) is 18.0. The highest BCUT2D eigenvalue weighted by molar-refractivity contribution is 4.57. The van der Waals surface area contributed by atoms with Crippen molar-refractivity contribution in [3.8, 4) is 0 Å². The van der Waals surface area contributed by atoms with Crippen molar-refractivity contribution in [1.82, 2.24) is 0 Å². The molecule has 0 spiro atoms. The monoisotopic (exact) mass is 119 g/mol. The van der Waals surface area contributed by atoms with Crippen molar-refractivity contribution >= 4 is 0 Å². The number of aliphatic hydroxyl groups excluding tert-OH is 1. The van der Waals surface area contributed by atoms with E-state index < -0.39 is 12.3 Å². The predicted octanol–water partition coefficient (Wildman–Crippen LogP) is -0.312. The van der Waals surface area contributed by atoms with E-state index >= 15 is 0 Å². The van der Waals surface area contributed by atoms with E-state index in [1.807, 2.05) is 6.92 Å². The van der Waals surface area contributed by atoms with Crippen LogP contribution in [0.1, 0.15) is 13.3 Å². The highest BCUT2D eigenvalue weighted by atomic mass is 16.5. The molecule has 0 amide bonds. The SMILES string of the molecule is CCC(O)C(N)OC. The molecule has 0 saturated carbocycles. The number of nitrogens with two attached hydrogens (primary N) is 1. The molecule has 0 saturated heterocycles. The molecule has 0 aromatic carbocycles. The average molecular weight is 119 g/mol. The Morgan fingerprint density at radius 3 is 2.38 bits per heavy atom. The Kier molecular flexibility index (Phi) is 3.77. The summed E-state index contributed by atoms with van der Waals surface area (Å²) in [7, 11) is 1.48. The van der Waals surface area contributed by atoms with Crippen LogP contribution in [0.4, 0.5) is 0 Å². The van der Waals surface area contributed by atoms with E-state index in [4.69, 9.17) is 10.8 Å². The van der Waals surface area contributed by atoms with Crippen molar-refractivity contribution in [1.29, 1.82) is 0 Å². The van der Waals surface area contributed by atoms with E-state index in [1.165, 1.54) is 7.11 Å². The van der Waals surface area contributed by atoms with Crippen LogP contribution in [0.5, 0.6) is 0 Å². The number of methoxy groups -OCH3 is 1. The lowest BCUT2D eigenvalue weighted by Crippen LogP contribution is -2.35. The summed E-state index contributed by atoms with van der Waals surface area (Å²) in [6, 6.07) is 0. The van der Waals surface area contributed by atoms with Gasteiger partial charge in [0.05, 0.1) is 6.10 Å². The number of hydrogen-bond donors (Lipinski definition) is 2. The second kappa shape index (κ2) is 3.83. The number of ether oxygens (including phenoxy) is 1. The Hall–Kier alpha value is -0.120. The summed E-state index contributed by atoms with van der Waals surface area (Å²) >= 11 is 0. The minimum Gasteiger partial charge on any atom is -0.389 e. The maximum absolute atomic E-state index is 8.88. The van der Waals surface area contributed by atoms with Crippen LogP contribution in [0.25, 0.3) is 0 Å². The van der Waals surface area contributed by atoms with Gasteiger partial charge in [-0.1, -0.05) is 6.92 Å². The summed E-state index contributed by atoms with van der Waals surface area (Å²) in [6.45, 7) is 1.85. The molecule has 0 heterocycles. The third kappa shape index (κ3) is 2.26. The molecule has 0 radical (unpaired) electrons. The van der Waals surface area contributed by atoms with Gasteiger partial charge in [-0.15, -0.1) is 0 Å². The van der Waals surface area contributed by atoms with E-state index in [2.05, 4.69) is 4.74 Å². The third-order valence-corrected chi connectivity index (χ3v) is 1.07. The number of hydrogen-bond acceptors (Lipinski definition) is 3. The van der Waals surface area contributed by atoms with Gasteiger partial charge in [0.15, 0.2) is 0 Å². The fraction of sp³-hybridized carbons (Fsp3) is 1.00. The minimum atomic E-state index is -0.528. The average Bonchev–Trinajstić information content (AvgIpc) is 1.84. The quantitative estimate of drug-likeness (QED) is 0.501. The number of aliphatic hydroxyl groups is 1. The van der Waals surface area contributed by atoms with Gasteiger partial charge in [0, 0.05) is 7.11 Å². The van der Waals surface area contributed by atoms with Crippen molar-refractivity contribution in [2.45, 2.75) is 25.7 Å². The smallest absolute Gasteiger partial charge is 0.131 e. The molecule has 0 aliphatic heterocycles. The molecule has 0 fully saturated rings. The Morgan fingerprint density at radius 2 is 2.25 bits per heavy atom. The second-order valence-corrected chi connectivity index (χ2v) is 1.68. The van der Waals surface area contributed by atoms with Gasteiger partial charge in [-0.25, -0.2) is 0 Å². The lowest BCUT2D eigenvalue weighted by Gasteiger charge is -2.14. The molecule has 0 bridgehead atoms. The molecule has 0 aliphatic rings. The molecule has 3 nitrogen and oxygen atoms in total. The molecule has 0 aromatic rings. The van der Waals surface area contributed by atoms with Gasteiger partial charge in [-0.05, 0) is 6.42 Å². The first kappa shape index (κ1) is 7.88. The van der Waals surface area contributed by atoms with Crippen LogP contribution in [0.15, 0.2) is 0 Å². The van der Waals surface area contributed by atoms with Crippen LogP contribution >= 0.6 is 0 Å². The standard InChI is InChI=1S/C5H13NO2/c1-3-4(7)5(6)8-2/h4-5,7H,3,6H2,1-2H3. The predicted molar refractivity (Wildman–Crippen MR) is 31.3 cm³/mol. The summed E-state index contributed by atoms with van der Waals surface area (Å²) in [5.41, 5.74) is 5.25. The largest absolute Gasteiger partial charge is 0.389 e. The van der Waals surface area contributed by atoms with E-state index in [0.29, 0.717) is 6.42 Å². The van der Waals surface area contributed by atoms with Crippen molar-refractivity contribution in [2.24, 2.45) is 5.73 Å². The van der Waals surface area contributed by atoms with Crippen LogP contribution in [0.2, 0.25) is 0 Å². The Bertz CT molecular complexity index is 50.4. The molecule has 8 heavy (non-hydrogen) atoms. The second-order valence-electron chi connectivity index (χ2n) is 1.68. The molecular formula is C5H13NO2. The summed E-state index contributed by atoms with van der Waals surface area (Å²) in [5, 5.41) is 8.88. The lowest BCUT2D eigenvalue weighted by molar-refractivity contribution is -0.00904. The zero-order chi connectivity index (χ0) is 6.57. The molecular weight excluding hydrogens is 106 g/mol. The maximum atomic E-state index is 8.88. The van der Waals surface area contributed by atoms with Gasteiger partial charge in [-0.3, -0.25) is 0 Å². The first-order valence-electron chi connectivity index (χ1n) is 2.68. The third-order valence-electron chi connectivity index (χ3n) is 1.07. The fourth-order valence-electron chi connectivity index (χ4n) is 0.389. The van der Waals surface area contributed by atoms with Crippen molar-refractivity contribution in [2.75, 3.05) is 7.11 Å². The Balaban J connectivity index is 3.29. The molecule has 0 aromatic heterocycles. The summed E-state index contributed by atoms with van der Waals surface area (Å²) in [6.07, 6.45) is -0.422. The highest BCUT2D eigenvalue weighted by Crippen LogP contribution is 1.94. The van der Waals surface area contributed by atoms with Gasteiger partial charge < -0.3 is 15.6 Å². The molecule has 2 atom stereocenters. The molecule has 3 N–H and O–H groups in total. The molecule has 0 rings (SSSR count). The van der Waals surface area contributed by atoms with Gasteiger partial charge in [0.25, 0.3) is 0 Å². The van der Waals surface area contributed by atoms with Gasteiger partial charge in [0.1, 0.15) is 6.23 Å². The van der Waals surface area contributed by atoms with Gasteiger partial charge >= 0.3 is 0 Å². The van der Waals surface area contributed by atoms with Crippen LogP contribution in [0, 0.1) is 0 Å². The van der Waals surface area contributed by atoms with Crippen LogP contribution in [0.3, 0.4) is 0 Å². The maximum Gasteiger partial charge on any atom is 0.131 e. The van der Waals surface area contributed by atoms with Crippen LogP contribution < -0.4 is 5.73 Å². The number of rotatable bonds is 3. The summed E-state index contributed by atoms with van der Waals surface area (Å²) < 4.78 is 4.63. The van der Waals surface area contributed by atoms with E-state index in [-0.39, 0.29) is 0 Å². The summed E-state index contributed by atoms with van der Waals surface area (Å²) in [4.78, 5) is 0. The van der Waals surface area contributed by atoms with Crippen molar-refractivity contribution in [3.05, 3.63) is 0 Å². The van der Waals surface area contributed by atoms with Crippen molar-refractivity contribution < 1.29 is 9.84 Å². The Labute approximate surface area is 49.4 Å². The topological polar surface area (TPSA) is 55.5 Å². The van der Waals surface area contributed by atoms with Crippen molar-refractivity contribution in [3.63, 3.8) is 0 Å². The first-order valence-corrected chi connectivity index (χ1v) is 2.68. The molecule has 0 aliphatic carbocycles. The van der Waals surface area contributed by atoms with Gasteiger partial charge in [0.2, 0.25) is 0 Å². The van der Waals surface area contributed by atoms with Crippen LogP contribution in [-0.2, 0) is 4.74 Å². The molecule has 2 unspecified atom stereocenters. The first-order chi connectivity index (χ1) is 3.72. The van der Waals surface area contributed by atoms with Crippen LogP contribution in [-0.4, -0.2) is 24.5 Å². The zero-order valence-corrected chi connectivity index (χ0v) is 5.29. The highest BCUT2D eigenvalue weighted by Gasteiger charge is 2.09. The minimum absolute atomic E-state index is 0.528. The zero-order valence-electron chi connectivity index (χ0n) is 5.29.